The van der Waals surface area contributed by atoms with E-state index in [4.69, 9.17) is 9.29 Å². The molecule has 6 heteroatoms. The van der Waals surface area contributed by atoms with Crippen molar-refractivity contribution in [2.75, 3.05) is 26.3 Å². The van der Waals surface area contributed by atoms with Crippen molar-refractivity contribution in [3.8, 4) is 0 Å². The first-order valence-electron chi connectivity index (χ1n) is 4.82. The van der Waals surface area contributed by atoms with Crippen molar-refractivity contribution in [1.82, 2.24) is 4.31 Å². The predicted molar refractivity (Wildman–Crippen MR) is 50.2 cm³/mol. The highest BCUT2D eigenvalue weighted by Gasteiger charge is 2.40. The quantitative estimate of drug-likeness (QED) is 0.646. The van der Waals surface area contributed by atoms with Gasteiger partial charge in [0.2, 0.25) is 0 Å². The summed E-state index contributed by atoms with van der Waals surface area (Å²) in [5, 5.41) is 0. The molecule has 0 amide bonds. The Kier molecular flexibility index (Phi) is 2.55. The molecule has 14 heavy (non-hydrogen) atoms. The minimum atomic E-state index is -3.98. The van der Waals surface area contributed by atoms with Crippen molar-refractivity contribution >= 4 is 10.3 Å². The average molecular weight is 221 g/mol. The molecular weight excluding hydrogens is 206 g/mol. The number of piperidine rings is 1. The summed E-state index contributed by atoms with van der Waals surface area (Å²) in [5.41, 5.74) is 0.182. The number of ether oxygens (including phenoxy) is 1. The Morgan fingerprint density at radius 2 is 1.86 bits per heavy atom. The Balaban J connectivity index is 1.98. The second-order valence-electron chi connectivity index (χ2n) is 4.18. The molecule has 0 aromatic rings. The van der Waals surface area contributed by atoms with Crippen LogP contribution in [0.4, 0.5) is 0 Å². The fraction of sp³-hybridized carbons (Fsp3) is 1.00. The van der Waals surface area contributed by atoms with Gasteiger partial charge < -0.3 is 4.74 Å². The van der Waals surface area contributed by atoms with Crippen LogP contribution in [-0.4, -0.2) is 43.6 Å². The lowest BCUT2D eigenvalue weighted by Crippen LogP contribution is -2.43. The molecule has 5 nitrogen and oxygen atoms in total. The van der Waals surface area contributed by atoms with Crippen LogP contribution in [0.3, 0.4) is 0 Å². The highest BCUT2D eigenvalue weighted by atomic mass is 32.2. The number of hydrogen-bond acceptors (Lipinski definition) is 3. The Labute approximate surface area is 83.9 Å². The third kappa shape index (κ3) is 1.93. The maximum atomic E-state index is 10.8. The van der Waals surface area contributed by atoms with E-state index in [2.05, 4.69) is 0 Å². The van der Waals surface area contributed by atoms with Crippen LogP contribution >= 0.6 is 0 Å². The van der Waals surface area contributed by atoms with Crippen LogP contribution in [-0.2, 0) is 15.0 Å². The van der Waals surface area contributed by atoms with Crippen LogP contribution in [0.15, 0.2) is 0 Å². The van der Waals surface area contributed by atoms with Crippen molar-refractivity contribution in [1.29, 1.82) is 0 Å². The number of rotatable bonds is 1. The molecule has 2 heterocycles. The summed E-state index contributed by atoms with van der Waals surface area (Å²) < 4.78 is 37.0. The SMILES string of the molecule is O=S(=O)(O)N1CCC2(CCOC2)CC1. The van der Waals surface area contributed by atoms with E-state index in [0.29, 0.717) is 13.1 Å². The summed E-state index contributed by atoms with van der Waals surface area (Å²) in [7, 11) is -3.98. The molecule has 82 valence electrons. The van der Waals surface area contributed by atoms with Gasteiger partial charge in [-0.05, 0) is 24.7 Å². The molecule has 0 aromatic heterocycles. The topological polar surface area (TPSA) is 66.8 Å². The Morgan fingerprint density at radius 3 is 2.29 bits per heavy atom. The van der Waals surface area contributed by atoms with Crippen molar-refractivity contribution in [2.24, 2.45) is 5.41 Å². The average Bonchev–Trinajstić information content (AvgIpc) is 2.53. The molecule has 2 rings (SSSR count). The fourth-order valence-electron chi connectivity index (χ4n) is 2.24. The largest absolute Gasteiger partial charge is 0.381 e. The van der Waals surface area contributed by atoms with Gasteiger partial charge in [-0.25, -0.2) is 0 Å². The van der Waals surface area contributed by atoms with E-state index >= 15 is 0 Å². The van der Waals surface area contributed by atoms with E-state index in [-0.39, 0.29) is 5.41 Å². The van der Waals surface area contributed by atoms with Gasteiger partial charge in [-0.2, -0.15) is 12.7 Å². The summed E-state index contributed by atoms with van der Waals surface area (Å²) in [5.74, 6) is 0. The van der Waals surface area contributed by atoms with E-state index in [1.807, 2.05) is 0 Å². The van der Waals surface area contributed by atoms with E-state index in [1.165, 1.54) is 0 Å². The van der Waals surface area contributed by atoms with Gasteiger partial charge in [0.1, 0.15) is 0 Å². The third-order valence-corrected chi connectivity index (χ3v) is 4.31. The van der Waals surface area contributed by atoms with E-state index < -0.39 is 10.3 Å². The first kappa shape index (κ1) is 10.4. The Bertz CT molecular complexity index is 297. The molecule has 0 aliphatic carbocycles. The van der Waals surface area contributed by atoms with Crippen LogP contribution in [0.25, 0.3) is 0 Å². The Morgan fingerprint density at radius 1 is 1.21 bits per heavy atom. The van der Waals surface area contributed by atoms with Crippen molar-refractivity contribution in [3.05, 3.63) is 0 Å². The highest BCUT2D eigenvalue weighted by Crippen LogP contribution is 2.39. The van der Waals surface area contributed by atoms with Gasteiger partial charge in [-0.15, -0.1) is 0 Å². The molecule has 0 radical (unpaired) electrons. The fourth-order valence-corrected chi connectivity index (χ4v) is 2.88. The first-order chi connectivity index (χ1) is 6.52. The van der Waals surface area contributed by atoms with Crippen LogP contribution in [0.5, 0.6) is 0 Å². The molecule has 0 unspecified atom stereocenters. The third-order valence-electron chi connectivity index (χ3n) is 3.29. The summed E-state index contributed by atoms with van der Waals surface area (Å²) in [6.07, 6.45) is 2.62. The maximum Gasteiger partial charge on any atom is 0.335 e. The van der Waals surface area contributed by atoms with Gasteiger partial charge in [-0.3, -0.25) is 4.55 Å². The zero-order valence-corrected chi connectivity index (χ0v) is 8.79. The summed E-state index contributed by atoms with van der Waals surface area (Å²) in [4.78, 5) is 0. The van der Waals surface area contributed by atoms with Crippen LogP contribution in [0.2, 0.25) is 0 Å². The van der Waals surface area contributed by atoms with E-state index in [0.717, 1.165) is 36.8 Å². The van der Waals surface area contributed by atoms with E-state index in [1.54, 1.807) is 0 Å². The zero-order chi connectivity index (χ0) is 10.2. The molecule has 1 N–H and O–H groups in total. The standard InChI is InChI=1S/C8H15NO4S/c10-14(11,12)9-4-1-8(2-5-9)3-6-13-7-8/h1-7H2,(H,10,11,12). The van der Waals surface area contributed by atoms with Gasteiger partial charge in [0.05, 0.1) is 6.61 Å². The summed E-state index contributed by atoms with van der Waals surface area (Å²) >= 11 is 0. The first-order valence-corrected chi connectivity index (χ1v) is 6.22. The molecule has 0 aromatic carbocycles. The lowest BCUT2D eigenvalue weighted by molar-refractivity contribution is 0.106. The van der Waals surface area contributed by atoms with Crippen molar-refractivity contribution in [3.63, 3.8) is 0 Å². The normalized spacial score (nSPS) is 28.4. The summed E-state index contributed by atoms with van der Waals surface area (Å²) in [6, 6.07) is 0. The van der Waals surface area contributed by atoms with Gasteiger partial charge in [0.25, 0.3) is 0 Å². The predicted octanol–water partition coefficient (Wildman–Crippen LogP) is 0.292. The molecule has 0 atom stereocenters. The molecule has 1 spiro atoms. The highest BCUT2D eigenvalue weighted by molar-refractivity contribution is 7.83. The second kappa shape index (κ2) is 3.44. The van der Waals surface area contributed by atoms with Gasteiger partial charge >= 0.3 is 10.3 Å². The number of hydrogen-bond donors (Lipinski definition) is 1. The molecule has 2 saturated heterocycles. The van der Waals surface area contributed by atoms with Gasteiger partial charge in [-0.1, -0.05) is 0 Å². The maximum absolute atomic E-state index is 10.8. The van der Waals surface area contributed by atoms with Crippen LogP contribution in [0, 0.1) is 5.41 Å². The second-order valence-corrected chi connectivity index (χ2v) is 5.59. The van der Waals surface area contributed by atoms with Crippen molar-refractivity contribution in [2.45, 2.75) is 19.3 Å². The minimum Gasteiger partial charge on any atom is -0.381 e. The van der Waals surface area contributed by atoms with E-state index in [9.17, 15) is 8.42 Å². The molecular formula is C8H15NO4S. The Hall–Kier alpha value is -0.170. The monoisotopic (exact) mass is 221 g/mol. The zero-order valence-electron chi connectivity index (χ0n) is 7.98. The molecule has 2 aliphatic rings. The van der Waals surface area contributed by atoms with Crippen molar-refractivity contribution < 1.29 is 17.7 Å². The lowest BCUT2D eigenvalue weighted by atomic mass is 9.79. The minimum absolute atomic E-state index is 0.182. The molecule has 2 aliphatic heterocycles. The lowest BCUT2D eigenvalue weighted by Gasteiger charge is -2.36. The molecule has 2 fully saturated rings. The van der Waals surface area contributed by atoms with Crippen LogP contribution in [0.1, 0.15) is 19.3 Å². The summed E-state index contributed by atoms with van der Waals surface area (Å²) in [6.45, 7) is 2.36. The van der Waals surface area contributed by atoms with Gasteiger partial charge in [0, 0.05) is 19.7 Å². The number of nitrogens with zero attached hydrogens (tertiary/aromatic N) is 1. The smallest absolute Gasteiger partial charge is 0.335 e. The van der Waals surface area contributed by atoms with Crippen LogP contribution < -0.4 is 0 Å². The molecule has 0 saturated carbocycles. The molecule has 0 bridgehead atoms. The van der Waals surface area contributed by atoms with Gasteiger partial charge in [0.15, 0.2) is 0 Å².